The largest absolute Gasteiger partial charge is 0.463 e. The zero-order chi connectivity index (χ0) is 11.5. The molecule has 5 heteroatoms. The molecule has 0 unspecified atom stereocenters. The first-order valence-corrected chi connectivity index (χ1v) is 5.11. The Morgan fingerprint density at radius 1 is 1.53 bits per heavy atom. The smallest absolute Gasteiger partial charge is 0.317 e. The second kappa shape index (κ2) is 4.51. The zero-order valence-electron chi connectivity index (χ0n) is 9.50. The van der Waals surface area contributed by atoms with Gasteiger partial charge in [-0.3, -0.25) is 4.79 Å². The van der Waals surface area contributed by atoms with E-state index in [1.807, 2.05) is 0 Å². The van der Waals surface area contributed by atoms with Gasteiger partial charge in [-0.15, -0.1) is 0 Å². The molecule has 1 N–H and O–H groups in total. The summed E-state index contributed by atoms with van der Waals surface area (Å²) in [5, 5.41) is 2.68. The summed E-state index contributed by atoms with van der Waals surface area (Å²) in [6, 6.07) is -0.0817. The summed E-state index contributed by atoms with van der Waals surface area (Å²) >= 11 is 0. The Morgan fingerprint density at radius 3 is 2.67 bits per heavy atom. The molecule has 0 atom stereocenters. The number of urea groups is 1. The summed E-state index contributed by atoms with van der Waals surface area (Å²) < 4.78 is 5.06. The van der Waals surface area contributed by atoms with Crippen LogP contribution >= 0.6 is 0 Å². The lowest BCUT2D eigenvalue weighted by atomic mass is 9.97. The van der Waals surface area contributed by atoms with Crippen LogP contribution < -0.4 is 5.32 Å². The van der Waals surface area contributed by atoms with E-state index in [4.69, 9.17) is 4.74 Å². The lowest BCUT2D eigenvalue weighted by Gasteiger charge is -2.18. The summed E-state index contributed by atoms with van der Waals surface area (Å²) in [4.78, 5) is 24.1. The van der Waals surface area contributed by atoms with Gasteiger partial charge in [0, 0.05) is 13.1 Å². The molecule has 0 aromatic rings. The van der Waals surface area contributed by atoms with Gasteiger partial charge in [0.1, 0.15) is 6.61 Å². The Bertz CT molecular complexity index is 258. The molecule has 0 radical (unpaired) electrons. The van der Waals surface area contributed by atoms with Crippen LogP contribution in [0.5, 0.6) is 0 Å². The summed E-state index contributed by atoms with van der Waals surface area (Å²) in [5.74, 6) is -0.234. The van der Waals surface area contributed by atoms with Crippen LogP contribution in [0.4, 0.5) is 4.79 Å². The molecular weight excluding hydrogens is 196 g/mol. The maximum absolute atomic E-state index is 11.4. The number of ether oxygens (including phenoxy) is 1. The van der Waals surface area contributed by atoms with E-state index >= 15 is 0 Å². The maximum atomic E-state index is 11.4. The van der Waals surface area contributed by atoms with Gasteiger partial charge >= 0.3 is 12.0 Å². The predicted octanol–water partition coefficient (Wildman–Crippen LogP) is 0.601. The van der Waals surface area contributed by atoms with Crippen LogP contribution in [0.3, 0.4) is 0 Å². The molecule has 0 aromatic carbocycles. The van der Waals surface area contributed by atoms with Crippen molar-refractivity contribution in [3.63, 3.8) is 0 Å². The van der Waals surface area contributed by atoms with E-state index in [9.17, 15) is 9.59 Å². The fourth-order valence-electron chi connectivity index (χ4n) is 1.19. The van der Waals surface area contributed by atoms with E-state index < -0.39 is 5.41 Å². The first-order valence-electron chi connectivity index (χ1n) is 5.11. The quantitative estimate of drug-likeness (QED) is 0.700. The number of nitrogens with zero attached hydrogens (tertiary/aromatic N) is 1. The third-order valence-corrected chi connectivity index (χ3v) is 2.15. The van der Waals surface area contributed by atoms with Gasteiger partial charge in [0.2, 0.25) is 0 Å². The Kier molecular flexibility index (Phi) is 3.55. The van der Waals surface area contributed by atoms with Crippen molar-refractivity contribution in [3.8, 4) is 0 Å². The molecule has 86 valence electrons. The lowest BCUT2D eigenvalue weighted by molar-refractivity contribution is -0.153. The first-order chi connectivity index (χ1) is 6.91. The lowest BCUT2D eigenvalue weighted by Crippen LogP contribution is -2.33. The number of esters is 1. The van der Waals surface area contributed by atoms with Crippen molar-refractivity contribution in [2.75, 3.05) is 26.2 Å². The minimum Gasteiger partial charge on any atom is -0.463 e. The second-order valence-electron chi connectivity index (χ2n) is 4.60. The molecule has 1 rings (SSSR count). The van der Waals surface area contributed by atoms with Gasteiger partial charge in [-0.2, -0.15) is 0 Å². The van der Waals surface area contributed by atoms with Gasteiger partial charge in [0.15, 0.2) is 0 Å². The van der Waals surface area contributed by atoms with Crippen LogP contribution in [0.1, 0.15) is 20.8 Å². The van der Waals surface area contributed by atoms with Crippen molar-refractivity contribution in [1.29, 1.82) is 0 Å². The highest BCUT2D eigenvalue weighted by atomic mass is 16.5. The molecule has 5 nitrogen and oxygen atoms in total. The minimum absolute atomic E-state index is 0.0817. The van der Waals surface area contributed by atoms with Crippen molar-refractivity contribution < 1.29 is 14.3 Å². The average molecular weight is 214 g/mol. The maximum Gasteiger partial charge on any atom is 0.317 e. The minimum atomic E-state index is -0.479. The molecule has 1 aliphatic rings. The van der Waals surface area contributed by atoms with Gasteiger partial charge in [-0.1, -0.05) is 0 Å². The summed E-state index contributed by atoms with van der Waals surface area (Å²) in [6.07, 6.45) is 0. The average Bonchev–Trinajstić information content (AvgIpc) is 2.50. The van der Waals surface area contributed by atoms with E-state index in [-0.39, 0.29) is 18.6 Å². The van der Waals surface area contributed by atoms with Crippen LogP contribution in [0.2, 0.25) is 0 Å². The summed E-state index contributed by atoms with van der Waals surface area (Å²) in [6.45, 7) is 7.50. The van der Waals surface area contributed by atoms with Crippen LogP contribution in [0.25, 0.3) is 0 Å². The SMILES string of the molecule is CC(C)(C)C(=O)OCCN1CCNC1=O. The van der Waals surface area contributed by atoms with Crippen molar-refractivity contribution >= 4 is 12.0 Å². The molecule has 1 saturated heterocycles. The number of amides is 2. The monoisotopic (exact) mass is 214 g/mol. The number of hydrogen-bond acceptors (Lipinski definition) is 3. The topological polar surface area (TPSA) is 58.6 Å². The highest BCUT2D eigenvalue weighted by molar-refractivity contribution is 5.76. The van der Waals surface area contributed by atoms with E-state index in [1.165, 1.54) is 0 Å². The Labute approximate surface area is 89.8 Å². The molecule has 1 aliphatic heterocycles. The van der Waals surface area contributed by atoms with Crippen LogP contribution in [0, 0.1) is 5.41 Å². The summed E-state index contributed by atoms with van der Waals surface area (Å²) in [5.41, 5.74) is -0.479. The highest BCUT2D eigenvalue weighted by Crippen LogP contribution is 2.14. The van der Waals surface area contributed by atoms with Crippen molar-refractivity contribution in [2.45, 2.75) is 20.8 Å². The highest BCUT2D eigenvalue weighted by Gasteiger charge is 2.24. The normalized spacial score (nSPS) is 16.5. The van der Waals surface area contributed by atoms with Crippen molar-refractivity contribution in [3.05, 3.63) is 0 Å². The Hall–Kier alpha value is -1.26. The molecule has 0 saturated carbocycles. The number of carbonyl (C=O) groups excluding carboxylic acids is 2. The second-order valence-corrected chi connectivity index (χ2v) is 4.60. The number of nitrogens with one attached hydrogen (secondary N) is 1. The fraction of sp³-hybridized carbons (Fsp3) is 0.800. The third-order valence-electron chi connectivity index (χ3n) is 2.15. The van der Waals surface area contributed by atoms with Gasteiger partial charge in [-0.05, 0) is 20.8 Å². The molecular formula is C10H18N2O3. The molecule has 0 aliphatic carbocycles. The van der Waals surface area contributed by atoms with E-state index in [0.29, 0.717) is 19.6 Å². The Balaban J connectivity index is 2.22. The van der Waals surface area contributed by atoms with Gasteiger partial charge in [-0.25, -0.2) is 4.79 Å². The molecule has 1 fully saturated rings. The number of hydrogen-bond donors (Lipinski definition) is 1. The molecule has 2 amide bonds. The Morgan fingerprint density at radius 2 is 2.20 bits per heavy atom. The predicted molar refractivity (Wildman–Crippen MR) is 55.4 cm³/mol. The number of rotatable bonds is 3. The van der Waals surface area contributed by atoms with Crippen LogP contribution in [-0.4, -0.2) is 43.1 Å². The molecule has 0 aromatic heterocycles. The fourth-order valence-corrected chi connectivity index (χ4v) is 1.19. The zero-order valence-corrected chi connectivity index (χ0v) is 9.50. The van der Waals surface area contributed by atoms with Crippen LogP contribution in [-0.2, 0) is 9.53 Å². The van der Waals surface area contributed by atoms with Crippen molar-refractivity contribution in [2.24, 2.45) is 5.41 Å². The first kappa shape index (κ1) is 11.8. The molecule has 0 spiro atoms. The van der Waals surface area contributed by atoms with Crippen molar-refractivity contribution in [1.82, 2.24) is 10.2 Å². The van der Waals surface area contributed by atoms with Gasteiger partial charge in [0.25, 0.3) is 0 Å². The number of carbonyl (C=O) groups is 2. The summed E-state index contributed by atoms with van der Waals surface area (Å²) in [7, 11) is 0. The van der Waals surface area contributed by atoms with Crippen LogP contribution in [0.15, 0.2) is 0 Å². The van der Waals surface area contributed by atoms with E-state index in [0.717, 1.165) is 0 Å². The van der Waals surface area contributed by atoms with Gasteiger partial charge < -0.3 is 15.0 Å². The third kappa shape index (κ3) is 3.42. The molecule has 1 heterocycles. The van der Waals surface area contributed by atoms with E-state index in [1.54, 1.807) is 25.7 Å². The van der Waals surface area contributed by atoms with Gasteiger partial charge in [0.05, 0.1) is 12.0 Å². The molecule has 0 bridgehead atoms. The molecule has 15 heavy (non-hydrogen) atoms. The van der Waals surface area contributed by atoms with E-state index in [2.05, 4.69) is 5.32 Å². The standard InChI is InChI=1S/C10H18N2O3/c1-10(2,3)8(13)15-7-6-12-5-4-11-9(12)14/h4-7H2,1-3H3,(H,11,14).